The van der Waals surface area contributed by atoms with Gasteiger partial charge in [0.1, 0.15) is 54.1 Å². The molecule has 3 aromatic carbocycles. The number of rotatable bonds is 26. The number of benzene rings is 3. The molecule has 5 rings (SSSR count). The summed E-state index contributed by atoms with van der Waals surface area (Å²) in [6, 6.07) is 15.5. The van der Waals surface area contributed by atoms with Gasteiger partial charge in [0.2, 0.25) is 11.8 Å². The highest BCUT2D eigenvalue weighted by Crippen LogP contribution is 2.19. The van der Waals surface area contributed by atoms with Crippen LogP contribution in [0.4, 0.5) is 0 Å². The monoisotopic (exact) mass is 1260 g/mol. The molecule has 0 saturated carbocycles. The fourth-order valence-corrected chi connectivity index (χ4v) is 5.68. The highest BCUT2D eigenvalue weighted by atomic mass is 16.4. The summed E-state index contributed by atoms with van der Waals surface area (Å²) in [6.45, 7) is 0. The van der Waals surface area contributed by atoms with E-state index in [1.807, 2.05) is 60.8 Å². The average molecular weight is 1260 g/mol. The summed E-state index contributed by atoms with van der Waals surface area (Å²) in [7, 11) is 0. The molecule has 0 saturated heterocycles. The van der Waals surface area contributed by atoms with E-state index in [2.05, 4.69) is 20.7 Å². The molecule has 0 bridgehead atoms. The number of hydrogen-bond acceptors (Lipinski definition) is 22. The molecule has 0 radical (unpaired) electrons. The zero-order valence-electron chi connectivity index (χ0n) is 47.5. The number of nitrogens with zero attached hydrogens (tertiary/aromatic N) is 1. The van der Waals surface area contributed by atoms with Gasteiger partial charge in [0.25, 0.3) is 0 Å². The zero-order chi connectivity index (χ0) is 69.1. The Kier molecular flexibility index (Phi) is 42.6. The quantitative estimate of drug-likeness (QED) is 0.0256. The molecule has 36 heteroatoms. The summed E-state index contributed by atoms with van der Waals surface area (Å²) in [5.74, 6) is -12.0. The lowest BCUT2D eigenvalue weighted by Crippen LogP contribution is -2.34. The van der Waals surface area contributed by atoms with Gasteiger partial charge in [0.15, 0.2) is 0 Å². The van der Waals surface area contributed by atoms with Gasteiger partial charge in [0.05, 0.1) is 19.2 Å². The molecule has 2 heterocycles. The molecule has 492 valence electrons. The number of imidazole rings is 1. The lowest BCUT2D eigenvalue weighted by atomic mass is 10.1. The number of nitrogens with two attached hydrogens (primary N) is 10. The van der Waals surface area contributed by atoms with Gasteiger partial charge in [-0.2, -0.15) is 0 Å². The van der Waals surface area contributed by atoms with Crippen LogP contribution in [0.2, 0.25) is 0 Å². The minimum atomic E-state index is -1.29. The van der Waals surface area contributed by atoms with Crippen molar-refractivity contribution in [1.82, 2.24) is 15.0 Å². The maximum absolute atomic E-state index is 10.6. The zero-order valence-corrected chi connectivity index (χ0v) is 47.5. The molecule has 2 aromatic heterocycles. The summed E-state index contributed by atoms with van der Waals surface area (Å²) < 4.78 is 0. The number of carbonyl (C=O) groups is 12. The number of amides is 2. The van der Waals surface area contributed by atoms with Crippen molar-refractivity contribution >= 4 is 82.4 Å². The van der Waals surface area contributed by atoms with Crippen molar-refractivity contribution in [3.05, 3.63) is 120 Å². The number of phenolic OH excluding ortho intramolecular Hbond substituents is 1. The summed E-state index contributed by atoms with van der Waals surface area (Å²) in [4.78, 5) is 131. The fourth-order valence-electron chi connectivity index (χ4n) is 5.68. The largest absolute Gasteiger partial charge is 0.508 e. The number of para-hydroxylation sites is 1. The van der Waals surface area contributed by atoms with E-state index < -0.39 is 126 Å². The first-order valence-electron chi connectivity index (χ1n) is 25.5. The number of fused-ring (bicyclic) bond motifs is 1. The van der Waals surface area contributed by atoms with Gasteiger partial charge < -0.3 is 123 Å². The number of aliphatic carboxylic acids is 10. The highest BCUT2D eigenvalue weighted by Gasteiger charge is 2.18. The smallest absolute Gasteiger partial charge is 0.321 e. The number of nitrogens with one attached hydrogen (secondary N) is 2. The Labute approximate surface area is 505 Å². The number of hydrogen-bond donors (Lipinski definition) is 23. The van der Waals surface area contributed by atoms with Gasteiger partial charge in [-0.25, -0.2) is 4.98 Å². The second-order valence-corrected chi connectivity index (χ2v) is 18.2. The third kappa shape index (κ3) is 43.8. The van der Waals surface area contributed by atoms with E-state index >= 15 is 0 Å². The number of carboxylic acid groups (broad SMARTS) is 10. The number of aromatic amines is 2. The maximum atomic E-state index is 10.6. The molecule has 89 heavy (non-hydrogen) atoms. The molecule has 0 fully saturated rings. The van der Waals surface area contributed by atoms with Crippen LogP contribution >= 0.6 is 0 Å². The predicted molar refractivity (Wildman–Crippen MR) is 313 cm³/mol. The van der Waals surface area contributed by atoms with Gasteiger partial charge in [-0.15, -0.1) is 0 Å². The van der Waals surface area contributed by atoms with E-state index in [4.69, 9.17) is 108 Å². The highest BCUT2D eigenvalue weighted by molar-refractivity contribution is 5.85. The van der Waals surface area contributed by atoms with Crippen molar-refractivity contribution in [3.8, 4) is 5.75 Å². The Hall–Kier alpha value is -10.5. The topological polar surface area (TPSA) is 732 Å². The minimum Gasteiger partial charge on any atom is -0.508 e. The van der Waals surface area contributed by atoms with Gasteiger partial charge >= 0.3 is 59.7 Å². The first kappa shape index (κ1) is 82.7. The molecular weight excluding hydrogens is 1190 g/mol. The lowest BCUT2D eigenvalue weighted by Gasteiger charge is -2.05. The van der Waals surface area contributed by atoms with Crippen LogP contribution in [0.15, 0.2) is 97.6 Å². The number of primary amides is 2. The van der Waals surface area contributed by atoms with Crippen LogP contribution in [-0.2, 0) is 83.2 Å². The van der Waals surface area contributed by atoms with Crippen molar-refractivity contribution in [2.45, 2.75) is 113 Å². The predicted octanol–water partition coefficient (Wildman–Crippen LogP) is -3.45. The molecule has 8 atom stereocenters. The van der Waals surface area contributed by atoms with Gasteiger partial charge in [-0.3, -0.25) is 57.5 Å². The van der Waals surface area contributed by atoms with E-state index in [0.717, 1.165) is 33.3 Å². The van der Waals surface area contributed by atoms with Gasteiger partial charge in [-0.1, -0.05) is 60.7 Å². The normalized spacial score (nSPS) is 12.6. The van der Waals surface area contributed by atoms with E-state index in [-0.39, 0.29) is 50.7 Å². The van der Waals surface area contributed by atoms with Crippen molar-refractivity contribution in [1.29, 1.82) is 0 Å². The molecule has 0 aliphatic rings. The molecule has 0 aliphatic heterocycles. The summed E-state index contributed by atoms with van der Waals surface area (Å²) >= 11 is 0. The number of carboxylic acids is 10. The average Bonchev–Trinajstić information content (AvgIpc) is 2.14. The molecule has 33 N–H and O–H groups in total. The van der Waals surface area contributed by atoms with Crippen LogP contribution in [0.1, 0.15) is 60.9 Å². The Morgan fingerprint density at radius 2 is 0.798 bits per heavy atom. The number of carbonyl (C=O) groups excluding carboxylic acids is 2. The Balaban J connectivity index is -0.000000956. The van der Waals surface area contributed by atoms with Crippen LogP contribution in [0, 0.1) is 0 Å². The molecule has 0 aliphatic carbocycles. The van der Waals surface area contributed by atoms with Crippen molar-refractivity contribution < 1.29 is 114 Å². The van der Waals surface area contributed by atoms with Gasteiger partial charge in [-0.05, 0) is 60.6 Å². The number of H-pyrrole nitrogens is 2. The van der Waals surface area contributed by atoms with E-state index in [1.54, 1.807) is 18.3 Å². The van der Waals surface area contributed by atoms with Crippen molar-refractivity contribution in [2.75, 3.05) is 0 Å². The van der Waals surface area contributed by atoms with Crippen molar-refractivity contribution in [3.63, 3.8) is 0 Å². The summed E-state index contributed by atoms with van der Waals surface area (Å²) in [5.41, 5.74) is 55.1. The first-order chi connectivity index (χ1) is 41.3. The standard InChI is InChI=1S/C11H12N2O2.C9H11NO3.C9H11NO2.C6H9N3O2.C5H10N2O3.C5H9NO4.C4H8N2O3.C4H7NO4/c12-9(11(14)15)5-7-6-13-10-4-2-1-3-8(7)10;10-8(9(12)13)5-6-1-3-7(11)4-2-6;10-8(9(11)12)6-7-4-2-1-3-5-7;7-5(6(10)11)1-4-2-8-3-9-4;2*6-3(5(9)10)1-2-4(7)8;2*5-2(4(8)9)1-3(6)7/h1-4,6,9,13H,5,12H2,(H,14,15);1-4,8,11H,5,10H2,(H,12,13);1-5,8H,6,10H2,(H,11,12);2-3,5H,1,7H2,(H,8,9)(H,10,11);3H,1-2,6H2,(H2,7,8)(H,9,10);3H,1-2,6H2,(H,7,8)(H,9,10);2H,1,5H2,(H2,6,7)(H,8,9);2H,1,5H2,(H,6,7)(H,8,9). The Morgan fingerprint density at radius 3 is 1.17 bits per heavy atom. The van der Waals surface area contributed by atoms with Crippen LogP contribution in [-0.4, -0.2) is 191 Å². The molecular formula is C53H77N13O23. The fraction of sp³-hybridized carbons (Fsp3) is 0.340. The van der Waals surface area contributed by atoms with E-state index in [0.29, 0.717) is 12.8 Å². The van der Waals surface area contributed by atoms with E-state index in [1.165, 1.54) is 18.5 Å². The minimum absolute atomic E-state index is 0.0213. The lowest BCUT2D eigenvalue weighted by molar-refractivity contribution is -0.144. The summed E-state index contributed by atoms with van der Waals surface area (Å²) in [6.07, 6.45) is 5.21. The second-order valence-electron chi connectivity index (χ2n) is 18.2. The number of aromatic nitrogens is 3. The third-order valence-electron chi connectivity index (χ3n) is 10.5. The SMILES string of the molecule is NC(=O)CC(N)C(=O)O.NC(=O)CCC(N)C(=O)O.NC(CC(=O)O)C(=O)O.NC(CCC(=O)O)C(=O)O.NC(Cc1c[nH]c2ccccc12)C(=O)O.NC(Cc1ccc(O)cc1)C(=O)O.NC(Cc1ccccc1)C(=O)O.NC(Cc1cnc[nH]1)C(=O)O. The van der Waals surface area contributed by atoms with Crippen molar-refractivity contribution in [2.24, 2.45) is 57.3 Å². The molecule has 0 spiro atoms. The van der Waals surface area contributed by atoms with Gasteiger partial charge in [0, 0.05) is 54.7 Å². The van der Waals surface area contributed by atoms with Crippen LogP contribution in [0.5, 0.6) is 5.75 Å². The summed E-state index contributed by atoms with van der Waals surface area (Å²) in [5, 5.41) is 92.8. The first-order valence-corrected chi connectivity index (χ1v) is 25.5. The van der Waals surface area contributed by atoms with Crippen LogP contribution in [0.3, 0.4) is 0 Å². The third-order valence-corrected chi connectivity index (χ3v) is 10.5. The van der Waals surface area contributed by atoms with Crippen LogP contribution in [0.25, 0.3) is 10.9 Å². The Morgan fingerprint density at radius 1 is 0.404 bits per heavy atom. The Bertz CT molecular complexity index is 2920. The molecule has 5 aromatic rings. The molecule has 8 unspecified atom stereocenters. The second kappa shape index (κ2) is 45.8. The molecule has 36 nitrogen and oxygen atoms in total. The number of aromatic hydroxyl groups is 1. The number of phenols is 1. The van der Waals surface area contributed by atoms with Crippen LogP contribution < -0.4 is 57.3 Å². The molecule has 2 amide bonds. The maximum Gasteiger partial charge on any atom is 0.321 e. The van der Waals surface area contributed by atoms with E-state index in [9.17, 15) is 57.5 Å².